The Bertz CT molecular complexity index is 300. The van der Waals surface area contributed by atoms with Crippen LogP contribution in [-0.2, 0) is 9.59 Å². The Morgan fingerprint density at radius 3 is 2.35 bits per heavy atom. The van der Waals surface area contributed by atoms with E-state index in [1.54, 1.807) is 0 Å². The van der Waals surface area contributed by atoms with Crippen LogP contribution in [0.3, 0.4) is 0 Å². The van der Waals surface area contributed by atoms with Crippen LogP contribution >= 0.6 is 15.9 Å². The summed E-state index contributed by atoms with van der Waals surface area (Å²) in [5.74, 6) is -0.918. The fourth-order valence-corrected chi connectivity index (χ4v) is 2.63. The zero-order valence-electron chi connectivity index (χ0n) is 10.3. The first-order valence-corrected chi connectivity index (χ1v) is 7.04. The average molecular weight is 306 g/mol. The normalized spacial score (nSPS) is 21.8. The lowest BCUT2D eigenvalue weighted by Crippen LogP contribution is -2.55. The molecule has 5 heteroatoms. The van der Waals surface area contributed by atoms with Crippen LogP contribution in [0, 0.1) is 5.92 Å². The van der Waals surface area contributed by atoms with Gasteiger partial charge in [0, 0.05) is 0 Å². The second-order valence-corrected chi connectivity index (χ2v) is 5.86. The van der Waals surface area contributed by atoms with Gasteiger partial charge in [0.15, 0.2) is 0 Å². The number of carbonyl (C=O) groups is 2. The third-order valence-corrected chi connectivity index (χ3v) is 4.94. The SMILES string of the molecule is CCC(C)C(Br)C(=O)NC1(C(=O)O)CCCC1. The van der Waals surface area contributed by atoms with E-state index in [2.05, 4.69) is 21.2 Å². The predicted molar refractivity (Wildman–Crippen MR) is 69.1 cm³/mol. The smallest absolute Gasteiger partial charge is 0.329 e. The van der Waals surface area contributed by atoms with Gasteiger partial charge in [0.25, 0.3) is 0 Å². The van der Waals surface area contributed by atoms with Gasteiger partial charge in [-0.05, 0) is 18.8 Å². The third-order valence-electron chi connectivity index (χ3n) is 3.62. The highest BCUT2D eigenvalue weighted by Crippen LogP contribution is 2.30. The number of carbonyl (C=O) groups excluding carboxylic acids is 1. The molecule has 2 unspecified atom stereocenters. The van der Waals surface area contributed by atoms with Crippen LogP contribution in [0.5, 0.6) is 0 Å². The largest absolute Gasteiger partial charge is 0.480 e. The van der Waals surface area contributed by atoms with Crippen LogP contribution in [0.2, 0.25) is 0 Å². The number of alkyl halides is 1. The minimum Gasteiger partial charge on any atom is -0.480 e. The summed E-state index contributed by atoms with van der Waals surface area (Å²) >= 11 is 3.34. The molecule has 0 aromatic carbocycles. The molecule has 0 saturated heterocycles. The van der Waals surface area contributed by atoms with Crippen LogP contribution in [-0.4, -0.2) is 27.3 Å². The molecule has 1 rings (SSSR count). The molecule has 0 spiro atoms. The van der Waals surface area contributed by atoms with Crippen molar-refractivity contribution in [3.8, 4) is 0 Å². The van der Waals surface area contributed by atoms with Gasteiger partial charge >= 0.3 is 5.97 Å². The Labute approximate surface area is 110 Å². The summed E-state index contributed by atoms with van der Waals surface area (Å²) < 4.78 is 0. The molecule has 17 heavy (non-hydrogen) atoms. The molecule has 0 aromatic rings. The number of hydrogen-bond acceptors (Lipinski definition) is 2. The van der Waals surface area contributed by atoms with Gasteiger partial charge in [-0.15, -0.1) is 0 Å². The van der Waals surface area contributed by atoms with Crippen molar-refractivity contribution in [3.63, 3.8) is 0 Å². The minimum absolute atomic E-state index is 0.197. The van der Waals surface area contributed by atoms with Gasteiger partial charge < -0.3 is 10.4 Å². The molecule has 4 nitrogen and oxygen atoms in total. The summed E-state index contributed by atoms with van der Waals surface area (Å²) in [5, 5.41) is 12.0. The fraction of sp³-hybridized carbons (Fsp3) is 0.833. The van der Waals surface area contributed by atoms with Crippen LogP contribution < -0.4 is 5.32 Å². The number of nitrogens with one attached hydrogen (secondary N) is 1. The number of amides is 1. The van der Waals surface area contributed by atoms with E-state index in [9.17, 15) is 14.7 Å². The molecule has 0 bridgehead atoms. The Balaban J connectivity index is 2.68. The van der Waals surface area contributed by atoms with E-state index < -0.39 is 11.5 Å². The first kappa shape index (κ1) is 14.5. The first-order chi connectivity index (χ1) is 7.93. The van der Waals surface area contributed by atoms with E-state index in [4.69, 9.17) is 0 Å². The van der Waals surface area contributed by atoms with Crippen LogP contribution in [0.1, 0.15) is 46.0 Å². The number of carboxylic acid groups (broad SMARTS) is 1. The molecule has 0 aromatic heterocycles. The molecule has 0 heterocycles. The van der Waals surface area contributed by atoms with Crippen molar-refractivity contribution in [1.82, 2.24) is 5.32 Å². The van der Waals surface area contributed by atoms with E-state index in [-0.39, 0.29) is 16.7 Å². The lowest BCUT2D eigenvalue weighted by atomic mass is 9.96. The van der Waals surface area contributed by atoms with Crippen molar-refractivity contribution < 1.29 is 14.7 Å². The van der Waals surface area contributed by atoms with Gasteiger partial charge in [0.1, 0.15) is 5.54 Å². The van der Waals surface area contributed by atoms with E-state index >= 15 is 0 Å². The molecule has 2 N–H and O–H groups in total. The summed E-state index contributed by atoms with van der Waals surface area (Å²) in [6.07, 6.45) is 3.68. The summed E-state index contributed by atoms with van der Waals surface area (Å²) in [4.78, 5) is 23.0. The number of hydrogen-bond donors (Lipinski definition) is 2. The molecule has 98 valence electrons. The van der Waals surface area contributed by atoms with Crippen molar-refractivity contribution in [2.75, 3.05) is 0 Å². The minimum atomic E-state index is -1.03. The van der Waals surface area contributed by atoms with Crippen molar-refractivity contribution >= 4 is 27.8 Å². The second kappa shape index (κ2) is 5.85. The summed E-state index contributed by atoms with van der Waals surface area (Å²) in [5.41, 5.74) is -1.03. The van der Waals surface area contributed by atoms with E-state index in [1.165, 1.54) is 0 Å². The molecule has 1 aliphatic carbocycles. The Morgan fingerprint density at radius 2 is 1.94 bits per heavy atom. The van der Waals surface area contributed by atoms with Crippen molar-refractivity contribution in [2.24, 2.45) is 5.92 Å². The highest BCUT2D eigenvalue weighted by molar-refractivity contribution is 9.10. The summed E-state index contributed by atoms with van der Waals surface area (Å²) in [6, 6.07) is 0. The lowest BCUT2D eigenvalue weighted by molar-refractivity contribution is -0.147. The summed E-state index contributed by atoms with van der Waals surface area (Å²) in [6.45, 7) is 3.98. The van der Waals surface area contributed by atoms with Gasteiger partial charge in [-0.1, -0.05) is 49.0 Å². The number of halogens is 1. The second-order valence-electron chi connectivity index (χ2n) is 4.87. The average Bonchev–Trinajstić information content (AvgIpc) is 2.76. The van der Waals surface area contributed by atoms with Crippen LogP contribution in [0.4, 0.5) is 0 Å². The zero-order chi connectivity index (χ0) is 13.1. The van der Waals surface area contributed by atoms with Crippen molar-refractivity contribution in [1.29, 1.82) is 0 Å². The van der Waals surface area contributed by atoms with Crippen molar-refractivity contribution in [2.45, 2.75) is 56.3 Å². The maximum absolute atomic E-state index is 12.0. The molecule has 1 fully saturated rings. The molecule has 0 radical (unpaired) electrons. The van der Waals surface area contributed by atoms with E-state index in [0.717, 1.165) is 19.3 Å². The van der Waals surface area contributed by atoms with Gasteiger partial charge in [0.2, 0.25) is 5.91 Å². The first-order valence-electron chi connectivity index (χ1n) is 6.12. The van der Waals surface area contributed by atoms with E-state index in [1.807, 2.05) is 13.8 Å². The molecular formula is C12H20BrNO3. The fourth-order valence-electron chi connectivity index (χ4n) is 2.14. The lowest BCUT2D eigenvalue weighted by Gasteiger charge is -2.28. The van der Waals surface area contributed by atoms with Gasteiger partial charge in [-0.25, -0.2) is 4.79 Å². The van der Waals surface area contributed by atoms with Crippen molar-refractivity contribution in [3.05, 3.63) is 0 Å². The molecule has 1 amide bonds. The monoisotopic (exact) mass is 305 g/mol. The quantitative estimate of drug-likeness (QED) is 0.766. The number of aliphatic carboxylic acids is 1. The standard InChI is InChI=1S/C12H20BrNO3/c1-3-8(2)9(13)10(15)14-12(11(16)17)6-4-5-7-12/h8-9H,3-7H2,1-2H3,(H,14,15)(H,16,17). The topological polar surface area (TPSA) is 66.4 Å². The van der Waals surface area contributed by atoms with Gasteiger partial charge in [-0.2, -0.15) is 0 Å². The number of carboxylic acids is 1. The Hall–Kier alpha value is -0.580. The summed E-state index contributed by atoms with van der Waals surface area (Å²) in [7, 11) is 0. The molecular weight excluding hydrogens is 286 g/mol. The highest BCUT2D eigenvalue weighted by Gasteiger charge is 2.43. The van der Waals surface area contributed by atoms with Gasteiger partial charge in [-0.3, -0.25) is 4.79 Å². The molecule has 1 saturated carbocycles. The molecule has 1 aliphatic rings. The van der Waals surface area contributed by atoms with Gasteiger partial charge in [0.05, 0.1) is 4.83 Å². The Kier molecular flexibility index (Phi) is 4.98. The maximum atomic E-state index is 12.0. The Morgan fingerprint density at radius 1 is 1.41 bits per heavy atom. The van der Waals surface area contributed by atoms with E-state index in [0.29, 0.717) is 12.8 Å². The molecule has 0 aliphatic heterocycles. The molecule has 2 atom stereocenters. The predicted octanol–water partition coefficient (Wildman–Crippen LogP) is 2.31. The van der Waals surface area contributed by atoms with Crippen LogP contribution in [0.15, 0.2) is 0 Å². The highest BCUT2D eigenvalue weighted by atomic mass is 79.9. The third kappa shape index (κ3) is 3.21. The maximum Gasteiger partial charge on any atom is 0.329 e. The zero-order valence-corrected chi connectivity index (χ0v) is 11.9. The number of rotatable bonds is 5. The van der Waals surface area contributed by atoms with Crippen LogP contribution in [0.25, 0.3) is 0 Å².